The quantitative estimate of drug-likeness (QED) is 0.656. The van der Waals surface area contributed by atoms with E-state index in [0.717, 1.165) is 19.3 Å². The molecule has 0 heterocycles. The van der Waals surface area contributed by atoms with Crippen molar-refractivity contribution in [3.8, 4) is 0 Å². The van der Waals surface area contributed by atoms with Crippen LogP contribution < -0.4 is 0 Å². The van der Waals surface area contributed by atoms with E-state index in [1.54, 1.807) is 0 Å². The maximum Gasteiger partial charge on any atom is 0.508 e. The summed E-state index contributed by atoms with van der Waals surface area (Å²) in [5, 5.41) is 0. The predicted molar refractivity (Wildman–Crippen MR) is 54.1 cm³/mol. The monoisotopic (exact) mass is 200 g/mol. The molecule has 14 heavy (non-hydrogen) atoms. The Morgan fingerprint density at radius 2 is 2.00 bits per heavy atom. The highest BCUT2D eigenvalue weighted by Gasteiger charge is 2.31. The molecule has 0 bridgehead atoms. The molecule has 0 aromatic heterocycles. The van der Waals surface area contributed by atoms with Crippen LogP contribution >= 0.6 is 0 Å². The first-order chi connectivity index (χ1) is 6.43. The van der Waals surface area contributed by atoms with E-state index in [1.807, 2.05) is 6.92 Å². The van der Waals surface area contributed by atoms with E-state index in [0.29, 0.717) is 0 Å². The molecule has 82 valence electrons. The molecule has 1 unspecified atom stereocenters. The van der Waals surface area contributed by atoms with E-state index >= 15 is 0 Å². The van der Waals surface area contributed by atoms with Crippen molar-refractivity contribution < 1.29 is 14.3 Å². The molecule has 1 atom stereocenters. The summed E-state index contributed by atoms with van der Waals surface area (Å²) in [7, 11) is 0. The Labute approximate surface area is 85.8 Å². The molecule has 3 heteroatoms. The van der Waals surface area contributed by atoms with E-state index in [-0.39, 0.29) is 17.6 Å². The molecule has 0 aliphatic heterocycles. The predicted octanol–water partition coefficient (Wildman–Crippen LogP) is 3.13. The summed E-state index contributed by atoms with van der Waals surface area (Å²) in [5.74, 6) is 0. The van der Waals surface area contributed by atoms with E-state index in [2.05, 4.69) is 20.8 Å². The lowest BCUT2D eigenvalue weighted by atomic mass is 9.87. The Morgan fingerprint density at radius 1 is 1.43 bits per heavy atom. The van der Waals surface area contributed by atoms with Crippen molar-refractivity contribution in [3.63, 3.8) is 0 Å². The van der Waals surface area contributed by atoms with Crippen LogP contribution in [0.1, 0.15) is 47.0 Å². The highest BCUT2D eigenvalue weighted by Crippen LogP contribution is 2.27. The minimum atomic E-state index is -0.505. The first-order valence-corrected chi connectivity index (χ1v) is 5.30. The van der Waals surface area contributed by atoms with Crippen molar-refractivity contribution >= 4 is 6.16 Å². The number of rotatable bonds is 3. The van der Waals surface area contributed by atoms with E-state index < -0.39 is 6.16 Å². The van der Waals surface area contributed by atoms with Crippen molar-refractivity contribution in [1.29, 1.82) is 0 Å². The fourth-order valence-electron chi connectivity index (χ4n) is 1.34. The average molecular weight is 200 g/mol. The van der Waals surface area contributed by atoms with Crippen molar-refractivity contribution in [1.82, 2.24) is 0 Å². The summed E-state index contributed by atoms with van der Waals surface area (Å²) in [4.78, 5) is 11.3. The van der Waals surface area contributed by atoms with Crippen LogP contribution in [0.4, 0.5) is 4.79 Å². The van der Waals surface area contributed by atoms with Gasteiger partial charge in [-0.25, -0.2) is 4.79 Å². The Morgan fingerprint density at radius 3 is 2.36 bits per heavy atom. The van der Waals surface area contributed by atoms with Gasteiger partial charge in [-0.05, 0) is 24.7 Å². The molecule has 1 fully saturated rings. The van der Waals surface area contributed by atoms with Gasteiger partial charge in [0.1, 0.15) is 12.2 Å². The number of hydrogen-bond donors (Lipinski definition) is 0. The van der Waals surface area contributed by atoms with Gasteiger partial charge >= 0.3 is 6.16 Å². The summed E-state index contributed by atoms with van der Waals surface area (Å²) in [5.41, 5.74) is -0.0165. The van der Waals surface area contributed by atoms with Gasteiger partial charge in [0.05, 0.1) is 0 Å². The Kier molecular flexibility index (Phi) is 3.40. The van der Waals surface area contributed by atoms with Crippen LogP contribution in [0.25, 0.3) is 0 Å². The molecule has 0 saturated heterocycles. The molecule has 0 amide bonds. The van der Waals surface area contributed by atoms with Crippen LogP contribution in [-0.4, -0.2) is 18.4 Å². The molecule has 1 aliphatic carbocycles. The lowest BCUT2D eigenvalue weighted by Crippen LogP contribution is -2.31. The molecular formula is C11H20O3. The highest BCUT2D eigenvalue weighted by atomic mass is 16.7. The molecule has 3 nitrogen and oxygen atoms in total. The SMILES string of the molecule is CCC(OC(=O)OC1CC1)C(C)(C)C. The van der Waals surface area contributed by atoms with Gasteiger partial charge in [-0.3, -0.25) is 0 Å². The minimum absolute atomic E-state index is 0.0165. The summed E-state index contributed by atoms with van der Waals surface area (Å²) < 4.78 is 10.3. The summed E-state index contributed by atoms with van der Waals surface area (Å²) in [6.07, 6.45) is 2.36. The Hall–Kier alpha value is -0.730. The zero-order valence-electron chi connectivity index (χ0n) is 9.50. The maximum atomic E-state index is 11.3. The third-order valence-electron chi connectivity index (χ3n) is 2.36. The number of hydrogen-bond acceptors (Lipinski definition) is 3. The number of carbonyl (C=O) groups is 1. The summed E-state index contributed by atoms with van der Waals surface area (Å²) in [6, 6.07) is 0. The van der Waals surface area contributed by atoms with Gasteiger partial charge in [0.2, 0.25) is 0 Å². The second-order valence-corrected chi connectivity index (χ2v) is 4.95. The molecule has 1 rings (SSSR count). The van der Waals surface area contributed by atoms with E-state index in [4.69, 9.17) is 9.47 Å². The van der Waals surface area contributed by atoms with Gasteiger partial charge in [-0.2, -0.15) is 0 Å². The standard InChI is InChI=1S/C11H20O3/c1-5-9(11(2,3)4)14-10(12)13-8-6-7-8/h8-9H,5-7H2,1-4H3. The third-order valence-corrected chi connectivity index (χ3v) is 2.36. The van der Waals surface area contributed by atoms with Gasteiger partial charge in [-0.15, -0.1) is 0 Å². The number of ether oxygens (including phenoxy) is 2. The zero-order valence-corrected chi connectivity index (χ0v) is 9.50. The summed E-state index contributed by atoms with van der Waals surface area (Å²) >= 11 is 0. The molecule has 1 saturated carbocycles. The van der Waals surface area contributed by atoms with Gasteiger partial charge in [0.15, 0.2) is 0 Å². The van der Waals surface area contributed by atoms with Crippen molar-refractivity contribution in [2.24, 2.45) is 5.41 Å². The first-order valence-electron chi connectivity index (χ1n) is 5.30. The fraction of sp³-hybridized carbons (Fsp3) is 0.909. The van der Waals surface area contributed by atoms with Gasteiger partial charge in [-0.1, -0.05) is 27.7 Å². The lowest BCUT2D eigenvalue weighted by molar-refractivity contribution is -0.0215. The number of carbonyl (C=O) groups excluding carboxylic acids is 1. The van der Waals surface area contributed by atoms with E-state index in [9.17, 15) is 4.79 Å². The first kappa shape index (κ1) is 11.3. The second-order valence-electron chi connectivity index (χ2n) is 4.95. The molecular weight excluding hydrogens is 180 g/mol. The van der Waals surface area contributed by atoms with Crippen molar-refractivity contribution in [2.45, 2.75) is 59.2 Å². The Bertz CT molecular complexity index is 201. The second kappa shape index (κ2) is 4.20. The van der Waals surface area contributed by atoms with Crippen LogP contribution in [0.3, 0.4) is 0 Å². The normalized spacial score (nSPS) is 18.9. The molecule has 0 aromatic carbocycles. The van der Waals surface area contributed by atoms with Gasteiger partial charge in [0.25, 0.3) is 0 Å². The molecule has 1 aliphatic rings. The Balaban J connectivity index is 2.34. The topological polar surface area (TPSA) is 35.5 Å². The van der Waals surface area contributed by atoms with Crippen LogP contribution in [-0.2, 0) is 9.47 Å². The van der Waals surface area contributed by atoms with Crippen LogP contribution in [0, 0.1) is 5.41 Å². The van der Waals surface area contributed by atoms with Crippen LogP contribution in [0.5, 0.6) is 0 Å². The van der Waals surface area contributed by atoms with Crippen LogP contribution in [0.2, 0.25) is 0 Å². The highest BCUT2D eigenvalue weighted by molar-refractivity contribution is 5.60. The van der Waals surface area contributed by atoms with Crippen molar-refractivity contribution in [2.75, 3.05) is 0 Å². The fourth-order valence-corrected chi connectivity index (χ4v) is 1.34. The van der Waals surface area contributed by atoms with Crippen molar-refractivity contribution in [3.05, 3.63) is 0 Å². The minimum Gasteiger partial charge on any atom is -0.431 e. The van der Waals surface area contributed by atoms with Crippen LogP contribution in [0.15, 0.2) is 0 Å². The largest absolute Gasteiger partial charge is 0.508 e. The van der Waals surface area contributed by atoms with Gasteiger partial charge < -0.3 is 9.47 Å². The average Bonchev–Trinajstić information content (AvgIpc) is 2.81. The third kappa shape index (κ3) is 3.56. The summed E-state index contributed by atoms with van der Waals surface area (Å²) in [6.45, 7) is 8.20. The smallest absolute Gasteiger partial charge is 0.431 e. The molecule has 0 radical (unpaired) electrons. The molecule has 0 N–H and O–H groups in total. The molecule has 0 aromatic rings. The molecule has 0 spiro atoms. The lowest BCUT2D eigenvalue weighted by Gasteiger charge is -2.28. The van der Waals surface area contributed by atoms with E-state index in [1.165, 1.54) is 0 Å². The zero-order chi connectivity index (χ0) is 10.8. The maximum absolute atomic E-state index is 11.3. The van der Waals surface area contributed by atoms with Gasteiger partial charge in [0, 0.05) is 0 Å².